The lowest BCUT2D eigenvalue weighted by atomic mass is 9.91. The predicted octanol–water partition coefficient (Wildman–Crippen LogP) is 2.23. The van der Waals surface area contributed by atoms with E-state index in [-0.39, 0.29) is 0 Å². The summed E-state index contributed by atoms with van der Waals surface area (Å²) in [6, 6.07) is 6.86. The molecule has 0 bridgehead atoms. The molecule has 102 valence electrons. The molecule has 3 heteroatoms. The van der Waals surface area contributed by atoms with Crippen LogP contribution in [0.25, 0.3) is 0 Å². The molecule has 1 fully saturated rings. The molecule has 2 aliphatic rings. The smallest absolute Gasteiger partial charge is 0.193 e. The van der Waals surface area contributed by atoms with Gasteiger partial charge in [-0.05, 0) is 37.8 Å². The Kier molecular flexibility index (Phi) is 3.00. The SMILES string of the molecule is Cc1ccc(C2(CNC3=NCCN3C)CC2)c(C)c1. The predicted molar refractivity (Wildman–Crippen MR) is 79.8 cm³/mol. The summed E-state index contributed by atoms with van der Waals surface area (Å²) in [5.41, 5.74) is 4.65. The molecule has 1 saturated carbocycles. The molecule has 0 unspecified atom stereocenters. The maximum absolute atomic E-state index is 4.51. The van der Waals surface area contributed by atoms with Crippen LogP contribution in [-0.4, -0.2) is 37.5 Å². The summed E-state index contributed by atoms with van der Waals surface area (Å²) in [5, 5.41) is 3.55. The van der Waals surface area contributed by atoms with Crippen LogP contribution < -0.4 is 5.32 Å². The molecule has 3 rings (SSSR count). The average molecular weight is 257 g/mol. The van der Waals surface area contributed by atoms with Crippen molar-refractivity contribution in [1.82, 2.24) is 10.2 Å². The summed E-state index contributed by atoms with van der Waals surface area (Å²) in [5.74, 6) is 1.07. The minimum absolute atomic E-state index is 0.351. The van der Waals surface area contributed by atoms with E-state index in [1.165, 1.54) is 29.5 Å². The second-order valence-corrected chi connectivity index (χ2v) is 6.08. The van der Waals surface area contributed by atoms with Gasteiger partial charge in [-0.15, -0.1) is 0 Å². The number of aliphatic imine (C=N–C) groups is 1. The van der Waals surface area contributed by atoms with Gasteiger partial charge in [0, 0.05) is 25.6 Å². The molecule has 1 aliphatic heterocycles. The van der Waals surface area contributed by atoms with Crippen molar-refractivity contribution in [1.29, 1.82) is 0 Å². The van der Waals surface area contributed by atoms with Crippen LogP contribution in [0.2, 0.25) is 0 Å². The molecule has 1 aromatic carbocycles. The minimum Gasteiger partial charge on any atom is -0.355 e. The number of hydrogen-bond acceptors (Lipinski definition) is 3. The van der Waals surface area contributed by atoms with Gasteiger partial charge in [-0.2, -0.15) is 0 Å². The van der Waals surface area contributed by atoms with Crippen molar-refractivity contribution in [3.8, 4) is 0 Å². The molecular weight excluding hydrogens is 234 g/mol. The first-order valence-electron chi connectivity index (χ1n) is 7.18. The maximum Gasteiger partial charge on any atom is 0.193 e. The van der Waals surface area contributed by atoms with Gasteiger partial charge in [-0.25, -0.2) is 0 Å². The van der Waals surface area contributed by atoms with Gasteiger partial charge in [0.25, 0.3) is 0 Å². The van der Waals surface area contributed by atoms with Crippen LogP contribution in [0.3, 0.4) is 0 Å². The molecule has 0 aromatic heterocycles. The third kappa shape index (κ3) is 2.34. The fourth-order valence-corrected chi connectivity index (χ4v) is 3.07. The third-order valence-corrected chi connectivity index (χ3v) is 4.45. The number of benzene rings is 1. The third-order valence-electron chi connectivity index (χ3n) is 4.45. The van der Waals surface area contributed by atoms with Crippen molar-refractivity contribution in [2.24, 2.45) is 4.99 Å². The molecule has 19 heavy (non-hydrogen) atoms. The van der Waals surface area contributed by atoms with E-state index in [9.17, 15) is 0 Å². The van der Waals surface area contributed by atoms with Crippen molar-refractivity contribution < 1.29 is 0 Å². The Morgan fingerprint density at radius 1 is 1.32 bits per heavy atom. The summed E-state index contributed by atoms with van der Waals surface area (Å²) in [6.07, 6.45) is 2.59. The summed E-state index contributed by atoms with van der Waals surface area (Å²) in [4.78, 5) is 6.72. The van der Waals surface area contributed by atoms with E-state index in [0.717, 1.165) is 25.6 Å². The molecule has 0 saturated heterocycles. The number of hydrogen-bond donors (Lipinski definition) is 1. The van der Waals surface area contributed by atoms with Gasteiger partial charge < -0.3 is 10.2 Å². The second-order valence-electron chi connectivity index (χ2n) is 6.08. The van der Waals surface area contributed by atoms with Gasteiger partial charge in [0.15, 0.2) is 5.96 Å². The molecule has 1 heterocycles. The highest BCUT2D eigenvalue weighted by Gasteiger charge is 2.45. The van der Waals surface area contributed by atoms with Crippen LogP contribution >= 0.6 is 0 Å². The normalized spacial score (nSPS) is 20.4. The molecule has 0 spiro atoms. The van der Waals surface area contributed by atoms with Crippen LogP contribution in [0.15, 0.2) is 23.2 Å². The van der Waals surface area contributed by atoms with Crippen LogP contribution in [0, 0.1) is 13.8 Å². The van der Waals surface area contributed by atoms with Crippen LogP contribution in [-0.2, 0) is 5.41 Å². The van der Waals surface area contributed by atoms with E-state index in [1.807, 2.05) is 0 Å². The molecule has 1 N–H and O–H groups in total. The molecule has 0 radical (unpaired) electrons. The summed E-state index contributed by atoms with van der Waals surface area (Å²) in [7, 11) is 2.11. The van der Waals surface area contributed by atoms with E-state index in [4.69, 9.17) is 0 Å². The highest BCUT2D eigenvalue weighted by atomic mass is 15.3. The Morgan fingerprint density at radius 2 is 2.11 bits per heavy atom. The van der Waals surface area contributed by atoms with E-state index >= 15 is 0 Å². The zero-order valence-corrected chi connectivity index (χ0v) is 12.2. The van der Waals surface area contributed by atoms with E-state index in [0.29, 0.717) is 5.41 Å². The van der Waals surface area contributed by atoms with Gasteiger partial charge in [0.2, 0.25) is 0 Å². The zero-order valence-electron chi connectivity index (χ0n) is 12.2. The fourth-order valence-electron chi connectivity index (χ4n) is 3.07. The molecule has 0 amide bonds. The quantitative estimate of drug-likeness (QED) is 0.899. The van der Waals surface area contributed by atoms with E-state index in [2.05, 4.69) is 54.3 Å². The van der Waals surface area contributed by atoms with Crippen LogP contribution in [0.4, 0.5) is 0 Å². The van der Waals surface area contributed by atoms with Crippen molar-refractivity contribution in [3.05, 3.63) is 34.9 Å². The number of nitrogens with zero attached hydrogens (tertiary/aromatic N) is 2. The molecule has 0 atom stereocenters. The lowest BCUT2D eigenvalue weighted by Gasteiger charge is -2.22. The molecular formula is C16H23N3. The van der Waals surface area contributed by atoms with Crippen molar-refractivity contribution in [2.45, 2.75) is 32.1 Å². The van der Waals surface area contributed by atoms with Gasteiger partial charge in [-0.1, -0.05) is 23.8 Å². The van der Waals surface area contributed by atoms with Crippen LogP contribution in [0.1, 0.15) is 29.5 Å². The Balaban J connectivity index is 1.73. The highest BCUT2D eigenvalue weighted by molar-refractivity contribution is 5.81. The van der Waals surface area contributed by atoms with Crippen molar-refractivity contribution in [3.63, 3.8) is 0 Å². The monoisotopic (exact) mass is 257 g/mol. The number of aryl methyl sites for hydroxylation is 2. The van der Waals surface area contributed by atoms with Crippen LogP contribution in [0.5, 0.6) is 0 Å². The number of guanidine groups is 1. The second kappa shape index (κ2) is 4.55. The summed E-state index contributed by atoms with van der Waals surface area (Å²) >= 11 is 0. The Morgan fingerprint density at radius 3 is 2.68 bits per heavy atom. The van der Waals surface area contributed by atoms with Gasteiger partial charge >= 0.3 is 0 Å². The van der Waals surface area contributed by atoms with Crippen molar-refractivity contribution in [2.75, 3.05) is 26.7 Å². The molecule has 1 aliphatic carbocycles. The summed E-state index contributed by atoms with van der Waals surface area (Å²) < 4.78 is 0. The maximum atomic E-state index is 4.51. The molecule has 3 nitrogen and oxygen atoms in total. The van der Waals surface area contributed by atoms with Gasteiger partial charge in [0.1, 0.15) is 0 Å². The average Bonchev–Trinajstić information content (AvgIpc) is 3.03. The zero-order chi connectivity index (χ0) is 13.5. The van der Waals surface area contributed by atoms with Gasteiger partial charge in [-0.3, -0.25) is 4.99 Å². The number of nitrogens with one attached hydrogen (secondary N) is 1. The first kappa shape index (κ1) is 12.5. The Hall–Kier alpha value is -1.51. The fraction of sp³-hybridized carbons (Fsp3) is 0.562. The lowest BCUT2D eigenvalue weighted by Crippen LogP contribution is -2.39. The summed E-state index contributed by atoms with van der Waals surface area (Å²) in [6.45, 7) is 7.38. The number of likely N-dealkylation sites (N-methyl/N-ethyl adjacent to an activating group) is 1. The number of rotatable bonds is 3. The first-order chi connectivity index (χ1) is 9.11. The lowest BCUT2D eigenvalue weighted by molar-refractivity contribution is 0.523. The Labute approximate surface area is 115 Å². The highest BCUT2D eigenvalue weighted by Crippen LogP contribution is 2.48. The largest absolute Gasteiger partial charge is 0.355 e. The van der Waals surface area contributed by atoms with E-state index < -0.39 is 0 Å². The van der Waals surface area contributed by atoms with E-state index in [1.54, 1.807) is 0 Å². The standard InChI is InChI=1S/C16H23N3/c1-12-4-5-14(13(2)10-12)16(6-7-16)11-18-15-17-8-9-19(15)3/h4-5,10H,6-9,11H2,1-3H3,(H,17,18). The van der Waals surface area contributed by atoms with Gasteiger partial charge in [0.05, 0.1) is 6.54 Å². The molecule has 1 aromatic rings. The Bertz CT molecular complexity index is 515. The first-order valence-corrected chi connectivity index (χ1v) is 7.18. The van der Waals surface area contributed by atoms with Crippen molar-refractivity contribution >= 4 is 5.96 Å². The topological polar surface area (TPSA) is 27.6 Å². The minimum atomic E-state index is 0.351.